The van der Waals surface area contributed by atoms with Gasteiger partial charge >= 0.3 is 0 Å². The van der Waals surface area contributed by atoms with Gasteiger partial charge in [-0.2, -0.15) is 0 Å². The zero-order valence-electron chi connectivity index (χ0n) is 38.8. The smallest absolute Gasteiger partial charge is 0.160 e. The maximum Gasteiger partial charge on any atom is 0.160 e. The van der Waals surface area contributed by atoms with Crippen LogP contribution in [0.2, 0.25) is 0 Å². The van der Waals surface area contributed by atoms with Gasteiger partial charge in [-0.3, -0.25) is 0 Å². The van der Waals surface area contributed by atoms with Crippen LogP contribution >= 0.6 is 0 Å². The maximum atomic E-state index is 6.78. The zero-order chi connectivity index (χ0) is 47.1. The van der Waals surface area contributed by atoms with E-state index in [4.69, 9.17) is 23.2 Å². The number of hydrogen-bond acceptors (Lipinski definition) is 5. The predicted octanol–water partition coefficient (Wildman–Crippen LogP) is 17.5. The average Bonchev–Trinajstić information content (AvgIpc) is 4.24. The zero-order valence-corrected chi connectivity index (χ0v) is 38.8. The topological polar surface area (TPSA) is 64.1 Å². The Hall–Kier alpha value is -9.32. The van der Waals surface area contributed by atoms with Crippen LogP contribution in [0, 0.1) is 0 Å². The van der Waals surface area contributed by atoms with Gasteiger partial charge in [0.1, 0.15) is 33.5 Å². The third-order valence-corrected chi connectivity index (χ3v) is 15.6. The number of allylic oxidation sites excluding steroid dienone is 1. The third kappa shape index (κ3) is 5.42. The summed E-state index contributed by atoms with van der Waals surface area (Å²) in [7, 11) is 0. The lowest BCUT2D eigenvalue weighted by Gasteiger charge is -2.32. The Bertz CT molecular complexity index is 4530. The number of para-hydroxylation sites is 2. The summed E-state index contributed by atoms with van der Waals surface area (Å²) in [6, 6.07) is 76.0. The van der Waals surface area contributed by atoms with E-state index in [2.05, 4.69) is 182 Å². The molecule has 0 saturated heterocycles. The van der Waals surface area contributed by atoms with Gasteiger partial charge in [0, 0.05) is 49.0 Å². The fourth-order valence-electron chi connectivity index (χ4n) is 12.7. The van der Waals surface area contributed by atoms with E-state index in [1.807, 2.05) is 36.4 Å². The Morgan fingerprint density at radius 3 is 1.57 bits per heavy atom. The van der Waals surface area contributed by atoms with Crippen molar-refractivity contribution < 1.29 is 13.3 Å². The van der Waals surface area contributed by atoms with E-state index < -0.39 is 5.41 Å². The minimum absolute atomic E-state index is 0.480. The van der Waals surface area contributed by atoms with Gasteiger partial charge in [0.05, 0.1) is 16.8 Å². The van der Waals surface area contributed by atoms with E-state index in [0.717, 1.165) is 106 Å². The van der Waals surface area contributed by atoms with Gasteiger partial charge in [-0.1, -0.05) is 164 Å². The molecule has 0 unspecified atom stereocenters. The summed E-state index contributed by atoms with van der Waals surface area (Å²) < 4.78 is 19.5. The molecular weight excluding hydrogens is 881 g/mol. The number of amidine groups is 1. The SMILES string of the molecule is C1=C(c2cccc3oc4ccccc4c23)N=C(c2ccc3oc4ccccc4c3c2)N=C(c2cccc3oc4ccc(-c5cccc6c5C5(c7ccccc7-c7ccccc75)c5ccccc5-6)cc4c23)CC1. The molecule has 5 heteroatoms. The van der Waals surface area contributed by atoms with Gasteiger partial charge in [0.15, 0.2) is 5.84 Å². The van der Waals surface area contributed by atoms with Crippen molar-refractivity contribution in [3.05, 3.63) is 257 Å². The summed E-state index contributed by atoms with van der Waals surface area (Å²) in [5.74, 6) is 0.625. The summed E-state index contributed by atoms with van der Waals surface area (Å²) >= 11 is 0. The van der Waals surface area contributed by atoms with Crippen LogP contribution < -0.4 is 0 Å². The number of aliphatic imine (C=N–C) groups is 2. The first-order valence-electron chi connectivity index (χ1n) is 24.8. The molecule has 0 amide bonds. The lowest BCUT2D eigenvalue weighted by Crippen LogP contribution is -2.26. The second-order valence-electron chi connectivity index (χ2n) is 19.3. The molecule has 2 aliphatic carbocycles. The van der Waals surface area contributed by atoms with Crippen molar-refractivity contribution in [3.63, 3.8) is 0 Å². The molecule has 1 aliphatic heterocycles. The molecule has 72 heavy (non-hydrogen) atoms. The van der Waals surface area contributed by atoms with Crippen molar-refractivity contribution in [3.8, 4) is 33.4 Å². The highest BCUT2D eigenvalue weighted by Crippen LogP contribution is 2.64. The second kappa shape index (κ2) is 14.8. The minimum Gasteiger partial charge on any atom is -0.456 e. The maximum absolute atomic E-state index is 6.78. The molecule has 0 N–H and O–H groups in total. The summed E-state index contributed by atoms with van der Waals surface area (Å²) in [4.78, 5) is 11.2. The first kappa shape index (κ1) is 39.5. The van der Waals surface area contributed by atoms with Crippen molar-refractivity contribution in [2.45, 2.75) is 18.3 Å². The Kier molecular flexibility index (Phi) is 8.15. The number of nitrogens with zero attached hydrogens (tertiary/aromatic N) is 2. The van der Waals surface area contributed by atoms with Gasteiger partial charge in [-0.15, -0.1) is 0 Å². The van der Waals surface area contributed by atoms with Crippen LogP contribution in [-0.4, -0.2) is 11.5 Å². The van der Waals surface area contributed by atoms with Gasteiger partial charge in [-0.25, -0.2) is 9.98 Å². The van der Waals surface area contributed by atoms with Crippen LogP contribution in [0.25, 0.3) is 105 Å². The van der Waals surface area contributed by atoms with Crippen molar-refractivity contribution >= 4 is 83.1 Å². The molecule has 3 aliphatic rings. The number of hydrogen-bond donors (Lipinski definition) is 0. The summed E-state index contributed by atoms with van der Waals surface area (Å²) in [5, 5.41) is 6.29. The lowest BCUT2D eigenvalue weighted by molar-refractivity contribution is 0.668. The summed E-state index contributed by atoms with van der Waals surface area (Å²) in [6.07, 6.45) is 3.67. The Morgan fingerprint density at radius 1 is 0.347 bits per heavy atom. The Morgan fingerprint density at radius 2 is 0.833 bits per heavy atom. The fourth-order valence-corrected chi connectivity index (χ4v) is 12.7. The Balaban J connectivity index is 0.902. The first-order valence-corrected chi connectivity index (χ1v) is 24.8. The highest BCUT2D eigenvalue weighted by molar-refractivity contribution is 6.23. The van der Waals surface area contributed by atoms with Crippen molar-refractivity contribution in [2.24, 2.45) is 9.98 Å². The predicted molar refractivity (Wildman–Crippen MR) is 293 cm³/mol. The summed E-state index contributed by atoms with van der Waals surface area (Å²) in [5.41, 5.74) is 22.1. The molecule has 5 nitrogen and oxygen atoms in total. The number of benzene rings is 10. The molecular formula is C67H40N2O3. The van der Waals surface area contributed by atoms with Crippen LogP contribution in [-0.2, 0) is 5.41 Å². The molecule has 1 spiro atoms. The normalized spacial score (nSPS) is 14.6. The van der Waals surface area contributed by atoms with E-state index in [0.29, 0.717) is 12.3 Å². The van der Waals surface area contributed by atoms with Crippen molar-refractivity contribution in [2.75, 3.05) is 0 Å². The molecule has 0 fully saturated rings. The van der Waals surface area contributed by atoms with E-state index in [9.17, 15) is 0 Å². The van der Waals surface area contributed by atoms with E-state index in [-0.39, 0.29) is 0 Å². The molecule has 3 aromatic heterocycles. The molecule has 4 heterocycles. The lowest BCUT2D eigenvalue weighted by atomic mass is 9.68. The van der Waals surface area contributed by atoms with E-state index in [1.165, 1.54) is 50.1 Å². The molecule has 0 bridgehead atoms. The number of fused-ring (bicyclic) bond motifs is 19. The molecule has 0 atom stereocenters. The minimum atomic E-state index is -0.480. The van der Waals surface area contributed by atoms with Crippen LogP contribution in [0.15, 0.2) is 242 Å². The molecule has 10 aromatic carbocycles. The largest absolute Gasteiger partial charge is 0.456 e. The van der Waals surface area contributed by atoms with Crippen LogP contribution in [0.3, 0.4) is 0 Å². The number of rotatable bonds is 4. The van der Waals surface area contributed by atoms with E-state index in [1.54, 1.807) is 0 Å². The molecule has 0 radical (unpaired) electrons. The standard InChI is InChI=1S/C67H40N2O3/c1-6-24-52-42(15-1)43-16-2-7-25-53(43)67(52)54-26-8-3-17-44(54)46-21-11-20-41(65(46)67)39-33-35-60-51(37-39)64-48(23-13-32-62(64)72-60)56-28-14-27-55(47-22-12-31-61-63(47)49-19-5-10-30-58(49)71-61)68-66(69-56)40-34-36-59-50(38-40)45-18-4-9-29-57(45)70-59/h1-13,15-27,29-38H,14,28H2. The third-order valence-electron chi connectivity index (χ3n) is 15.6. The second-order valence-corrected chi connectivity index (χ2v) is 19.3. The Labute approximate surface area is 413 Å². The highest BCUT2D eigenvalue weighted by Gasteiger charge is 2.52. The van der Waals surface area contributed by atoms with Gasteiger partial charge < -0.3 is 13.3 Å². The van der Waals surface area contributed by atoms with Crippen molar-refractivity contribution in [1.82, 2.24) is 0 Å². The molecule has 0 saturated carbocycles. The quantitative estimate of drug-likeness (QED) is 0.177. The van der Waals surface area contributed by atoms with Crippen LogP contribution in [0.1, 0.15) is 51.8 Å². The summed E-state index contributed by atoms with van der Waals surface area (Å²) in [6.45, 7) is 0. The monoisotopic (exact) mass is 920 g/mol. The fraction of sp³-hybridized carbons (Fsp3) is 0.0448. The van der Waals surface area contributed by atoms with Gasteiger partial charge in [0.25, 0.3) is 0 Å². The van der Waals surface area contributed by atoms with Crippen molar-refractivity contribution in [1.29, 1.82) is 0 Å². The molecule has 16 rings (SSSR count). The number of furan rings is 3. The van der Waals surface area contributed by atoms with Crippen LogP contribution in [0.4, 0.5) is 0 Å². The van der Waals surface area contributed by atoms with E-state index >= 15 is 0 Å². The molecule has 336 valence electrons. The highest BCUT2D eigenvalue weighted by atomic mass is 16.3. The van der Waals surface area contributed by atoms with Gasteiger partial charge in [0.2, 0.25) is 0 Å². The van der Waals surface area contributed by atoms with Gasteiger partial charge in [-0.05, 0) is 123 Å². The van der Waals surface area contributed by atoms with Crippen LogP contribution in [0.5, 0.6) is 0 Å². The molecule has 13 aromatic rings. The average molecular weight is 921 g/mol. The first-order chi connectivity index (χ1) is 35.7.